The Morgan fingerprint density at radius 1 is 0.900 bits per heavy atom. The number of fused-ring (bicyclic) bond motifs is 1. The summed E-state index contributed by atoms with van der Waals surface area (Å²) >= 11 is 0. The van der Waals surface area contributed by atoms with E-state index in [0.717, 1.165) is 19.3 Å². The number of rotatable bonds is 5. The van der Waals surface area contributed by atoms with Crippen molar-refractivity contribution in [1.82, 2.24) is 0 Å². The third kappa shape index (κ3) is 1.59. The van der Waals surface area contributed by atoms with Crippen molar-refractivity contribution in [2.75, 3.05) is 0 Å². The molecule has 0 bridgehead atoms. The molecular weight excluding hydrogens is 244 g/mol. The molecule has 0 aromatic heterocycles. The van der Waals surface area contributed by atoms with Crippen LogP contribution in [0.15, 0.2) is 60.7 Å². The van der Waals surface area contributed by atoms with Gasteiger partial charge in [0.15, 0.2) is 0 Å². The van der Waals surface area contributed by atoms with E-state index in [4.69, 9.17) is 0 Å². The highest BCUT2D eigenvalue weighted by Crippen LogP contribution is 2.86. The second kappa shape index (κ2) is 4.05. The number of aryl methyl sites for hydroxylation is 1. The molecule has 0 spiro atoms. The quantitative estimate of drug-likeness (QED) is 0.798. The zero-order valence-electron chi connectivity index (χ0n) is 11.5. The Bertz CT molecular complexity index is 636. The predicted molar refractivity (Wildman–Crippen MR) is 79.6 cm³/mol. The lowest BCUT2D eigenvalue weighted by molar-refractivity contribution is -0.122. The van der Waals surface area contributed by atoms with E-state index in [9.17, 15) is 4.79 Å². The molecule has 2 aromatic carbocycles. The Morgan fingerprint density at radius 3 is 2.15 bits per heavy atom. The van der Waals surface area contributed by atoms with Crippen molar-refractivity contribution >= 4 is 5.78 Å². The van der Waals surface area contributed by atoms with Crippen LogP contribution in [0.5, 0.6) is 0 Å². The second-order valence-corrected chi connectivity index (χ2v) is 6.29. The van der Waals surface area contributed by atoms with Crippen LogP contribution in [0.4, 0.5) is 0 Å². The van der Waals surface area contributed by atoms with Crippen LogP contribution in [0, 0.1) is 5.41 Å². The van der Waals surface area contributed by atoms with E-state index < -0.39 is 0 Å². The lowest BCUT2D eigenvalue weighted by atomic mass is 10.0. The van der Waals surface area contributed by atoms with Gasteiger partial charge in [0.05, 0.1) is 0 Å². The van der Waals surface area contributed by atoms with E-state index in [1.807, 2.05) is 24.3 Å². The second-order valence-electron chi connectivity index (χ2n) is 6.29. The SMILES string of the molecule is O=C(CCc1ccccc1)C12CC1(c1ccccc1)C2. The van der Waals surface area contributed by atoms with Crippen LogP contribution >= 0.6 is 0 Å². The van der Waals surface area contributed by atoms with Crippen LogP contribution < -0.4 is 0 Å². The first-order chi connectivity index (χ1) is 9.77. The summed E-state index contributed by atoms with van der Waals surface area (Å²) in [5, 5.41) is 0. The van der Waals surface area contributed by atoms with Gasteiger partial charge in [0.25, 0.3) is 0 Å². The zero-order valence-corrected chi connectivity index (χ0v) is 11.5. The number of Topliss-reactive ketones (excluding diaryl/α,β-unsaturated/α-hetero) is 1. The van der Waals surface area contributed by atoms with E-state index in [2.05, 4.69) is 36.4 Å². The average molecular weight is 262 g/mol. The van der Waals surface area contributed by atoms with E-state index in [-0.39, 0.29) is 10.8 Å². The van der Waals surface area contributed by atoms with Gasteiger partial charge in [0.2, 0.25) is 0 Å². The Kier molecular flexibility index (Phi) is 2.41. The van der Waals surface area contributed by atoms with Gasteiger partial charge in [-0.05, 0) is 30.4 Å². The maximum absolute atomic E-state index is 12.5. The highest BCUT2D eigenvalue weighted by atomic mass is 16.1. The van der Waals surface area contributed by atoms with Crippen molar-refractivity contribution in [1.29, 1.82) is 0 Å². The Morgan fingerprint density at radius 2 is 1.50 bits per heavy atom. The first kappa shape index (κ1) is 11.9. The van der Waals surface area contributed by atoms with Gasteiger partial charge in [-0.3, -0.25) is 4.79 Å². The summed E-state index contributed by atoms with van der Waals surface area (Å²) in [5.74, 6) is 0.477. The summed E-state index contributed by atoms with van der Waals surface area (Å²) in [7, 11) is 0. The number of hydrogen-bond acceptors (Lipinski definition) is 1. The maximum atomic E-state index is 12.5. The summed E-state index contributed by atoms with van der Waals surface area (Å²) in [6, 6.07) is 20.9. The number of hydrogen-bond donors (Lipinski definition) is 0. The van der Waals surface area contributed by atoms with Gasteiger partial charge in [-0.2, -0.15) is 0 Å². The Balaban J connectivity index is 1.43. The fraction of sp³-hybridized carbons (Fsp3) is 0.316. The molecule has 0 heterocycles. The number of carbonyl (C=O) groups excluding carboxylic acids is 1. The molecule has 0 atom stereocenters. The molecule has 4 rings (SSSR count). The van der Waals surface area contributed by atoms with Gasteiger partial charge < -0.3 is 0 Å². The molecule has 0 N–H and O–H groups in total. The molecular formula is C19H18O. The molecule has 0 unspecified atom stereocenters. The molecule has 2 saturated carbocycles. The molecule has 1 nitrogen and oxygen atoms in total. The van der Waals surface area contributed by atoms with Gasteiger partial charge in [-0.1, -0.05) is 60.7 Å². The summed E-state index contributed by atoms with van der Waals surface area (Å²) < 4.78 is 0. The number of carbonyl (C=O) groups is 1. The largest absolute Gasteiger partial charge is 0.299 e. The molecule has 2 aliphatic carbocycles. The fourth-order valence-corrected chi connectivity index (χ4v) is 3.73. The van der Waals surface area contributed by atoms with Gasteiger partial charge in [0.1, 0.15) is 5.78 Å². The zero-order chi connectivity index (χ0) is 13.6. The summed E-state index contributed by atoms with van der Waals surface area (Å²) in [6.45, 7) is 0. The summed E-state index contributed by atoms with van der Waals surface area (Å²) in [4.78, 5) is 12.5. The topological polar surface area (TPSA) is 17.1 Å². The van der Waals surface area contributed by atoms with Crippen molar-refractivity contribution in [3.8, 4) is 0 Å². The molecule has 0 aliphatic heterocycles. The molecule has 0 saturated heterocycles. The Hall–Kier alpha value is -1.89. The molecule has 2 aliphatic rings. The van der Waals surface area contributed by atoms with E-state index >= 15 is 0 Å². The van der Waals surface area contributed by atoms with E-state index in [0.29, 0.717) is 12.2 Å². The van der Waals surface area contributed by atoms with Crippen molar-refractivity contribution in [3.05, 3.63) is 71.8 Å². The van der Waals surface area contributed by atoms with Crippen molar-refractivity contribution in [3.63, 3.8) is 0 Å². The summed E-state index contributed by atoms with van der Waals surface area (Å²) in [6.07, 6.45) is 3.74. The van der Waals surface area contributed by atoms with Crippen LogP contribution in [0.3, 0.4) is 0 Å². The maximum Gasteiger partial charge on any atom is 0.140 e. The number of benzene rings is 2. The van der Waals surface area contributed by atoms with Crippen LogP contribution in [0.1, 0.15) is 30.4 Å². The van der Waals surface area contributed by atoms with Crippen LogP contribution in [-0.4, -0.2) is 5.78 Å². The smallest absolute Gasteiger partial charge is 0.140 e. The van der Waals surface area contributed by atoms with Gasteiger partial charge in [0, 0.05) is 17.3 Å². The number of ketones is 1. The average Bonchev–Trinajstić information content (AvgIpc) is 3.34. The van der Waals surface area contributed by atoms with Crippen LogP contribution in [0.2, 0.25) is 0 Å². The monoisotopic (exact) mass is 262 g/mol. The first-order valence-electron chi connectivity index (χ1n) is 7.40. The molecule has 20 heavy (non-hydrogen) atoms. The lowest BCUT2D eigenvalue weighted by Gasteiger charge is -2.02. The minimum atomic E-state index is 0.0170. The first-order valence-corrected chi connectivity index (χ1v) is 7.40. The molecule has 100 valence electrons. The molecule has 0 radical (unpaired) electrons. The predicted octanol–water partition coefficient (Wildman–Crippen LogP) is 3.92. The van der Waals surface area contributed by atoms with Gasteiger partial charge in [-0.15, -0.1) is 0 Å². The fourth-order valence-electron chi connectivity index (χ4n) is 3.73. The van der Waals surface area contributed by atoms with Crippen molar-refractivity contribution in [2.24, 2.45) is 5.41 Å². The highest BCUT2D eigenvalue weighted by Gasteiger charge is 2.86. The van der Waals surface area contributed by atoms with Crippen molar-refractivity contribution in [2.45, 2.75) is 31.1 Å². The molecule has 1 heteroatoms. The lowest BCUT2D eigenvalue weighted by Crippen LogP contribution is -2.08. The third-order valence-corrected chi connectivity index (χ3v) is 5.22. The summed E-state index contributed by atoms with van der Waals surface area (Å²) in [5.41, 5.74) is 2.88. The molecule has 0 amide bonds. The molecule has 2 fully saturated rings. The van der Waals surface area contributed by atoms with Gasteiger partial charge >= 0.3 is 0 Å². The van der Waals surface area contributed by atoms with E-state index in [1.165, 1.54) is 11.1 Å². The van der Waals surface area contributed by atoms with E-state index in [1.54, 1.807) is 0 Å². The third-order valence-electron chi connectivity index (χ3n) is 5.22. The Labute approximate surface area is 119 Å². The van der Waals surface area contributed by atoms with Gasteiger partial charge in [-0.25, -0.2) is 0 Å². The normalized spacial score (nSPS) is 29.6. The standard InChI is InChI=1S/C19H18O/c20-17(12-11-15-7-3-1-4-8-15)19-13-18(19,14-19)16-9-5-2-6-10-16/h1-10H,11-14H2. The van der Waals surface area contributed by atoms with Crippen LogP contribution in [-0.2, 0) is 16.6 Å². The minimum Gasteiger partial charge on any atom is -0.299 e. The van der Waals surface area contributed by atoms with Crippen LogP contribution in [0.25, 0.3) is 0 Å². The highest BCUT2D eigenvalue weighted by molar-refractivity contribution is 5.96. The minimum absolute atomic E-state index is 0.0170. The molecule has 2 aromatic rings. The van der Waals surface area contributed by atoms with Crippen molar-refractivity contribution < 1.29 is 4.79 Å².